The van der Waals surface area contributed by atoms with E-state index in [9.17, 15) is 9.59 Å². The molecule has 1 saturated heterocycles. The Bertz CT molecular complexity index is 646. The van der Waals surface area contributed by atoms with Crippen LogP contribution < -0.4 is 0 Å². The van der Waals surface area contributed by atoms with E-state index in [1.807, 2.05) is 30.6 Å². The van der Waals surface area contributed by atoms with Crippen LogP contribution in [0.1, 0.15) is 12.0 Å². The number of fused-ring (bicyclic) bond motifs is 1. The molecule has 0 spiro atoms. The Morgan fingerprint density at radius 2 is 2.00 bits per heavy atom. The van der Waals surface area contributed by atoms with Crippen molar-refractivity contribution < 1.29 is 9.59 Å². The lowest BCUT2D eigenvalue weighted by molar-refractivity contribution is -0.127. The predicted octanol–water partition coefficient (Wildman–Crippen LogP) is 1.58. The summed E-state index contributed by atoms with van der Waals surface area (Å²) in [7, 11) is 0. The SMILES string of the molecule is O=C1CC(=O)N(CCc2cncc3ccccc23)C1. The summed E-state index contributed by atoms with van der Waals surface area (Å²) in [6, 6.07) is 8.06. The summed E-state index contributed by atoms with van der Waals surface area (Å²) in [4.78, 5) is 28.6. The molecule has 0 saturated carbocycles. The molecule has 0 aliphatic carbocycles. The van der Waals surface area contributed by atoms with Crippen LogP contribution in [0.5, 0.6) is 0 Å². The van der Waals surface area contributed by atoms with Gasteiger partial charge in [-0.25, -0.2) is 0 Å². The minimum absolute atomic E-state index is 0.0149. The van der Waals surface area contributed by atoms with Gasteiger partial charge in [0, 0.05) is 24.3 Å². The molecule has 1 fully saturated rings. The van der Waals surface area contributed by atoms with Crippen molar-refractivity contribution in [2.75, 3.05) is 13.1 Å². The molecule has 1 aromatic heterocycles. The van der Waals surface area contributed by atoms with Gasteiger partial charge in [0.15, 0.2) is 5.78 Å². The van der Waals surface area contributed by atoms with Crippen LogP contribution >= 0.6 is 0 Å². The second-order valence-electron chi connectivity index (χ2n) is 4.80. The summed E-state index contributed by atoms with van der Waals surface area (Å²) in [6.07, 6.45) is 4.47. The zero-order chi connectivity index (χ0) is 13.2. The van der Waals surface area contributed by atoms with Crippen molar-refractivity contribution in [1.82, 2.24) is 9.88 Å². The molecule has 4 nitrogen and oxygen atoms in total. The second kappa shape index (κ2) is 4.80. The molecule has 1 amide bonds. The summed E-state index contributed by atoms with van der Waals surface area (Å²) in [5, 5.41) is 2.26. The minimum Gasteiger partial charge on any atom is -0.335 e. The van der Waals surface area contributed by atoms with E-state index in [1.54, 1.807) is 4.90 Å². The van der Waals surface area contributed by atoms with Gasteiger partial charge in [-0.3, -0.25) is 14.6 Å². The molecule has 0 N–H and O–H groups in total. The highest BCUT2D eigenvalue weighted by Gasteiger charge is 2.26. The second-order valence-corrected chi connectivity index (χ2v) is 4.80. The van der Waals surface area contributed by atoms with Gasteiger partial charge >= 0.3 is 0 Å². The molecule has 1 aromatic carbocycles. The Morgan fingerprint density at radius 3 is 2.79 bits per heavy atom. The monoisotopic (exact) mass is 254 g/mol. The highest BCUT2D eigenvalue weighted by atomic mass is 16.2. The summed E-state index contributed by atoms with van der Waals surface area (Å²) < 4.78 is 0. The number of benzene rings is 1. The van der Waals surface area contributed by atoms with Crippen LogP contribution in [-0.4, -0.2) is 34.7 Å². The van der Waals surface area contributed by atoms with Crippen LogP contribution in [0.15, 0.2) is 36.7 Å². The first kappa shape index (κ1) is 11.8. The fourth-order valence-electron chi connectivity index (χ4n) is 2.47. The van der Waals surface area contributed by atoms with Crippen LogP contribution in [0.3, 0.4) is 0 Å². The van der Waals surface area contributed by atoms with Crippen LogP contribution in [0.4, 0.5) is 0 Å². The molecular weight excluding hydrogens is 240 g/mol. The topological polar surface area (TPSA) is 50.3 Å². The minimum atomic E-state index is -0.0572. The maximum absolute atomic E-state index is 11.6. The van der Waals surface area contributed by atoms with Gasteiger partial charge in [0.1, 0.15) is 0 Å². The van der Waals surface area contributed by atoms with E-state index >= 15 is 0 Å². The fraction of sp³-hybridized carbons (Fsp3) is 0.267. The lowest BCUT2D eigenvalue weighted by Gasteiger charge is -2.14. The van der Waals surface area contributed by atoms with Crippen LogP contribution in [0.25, 0.3) is 10.8 Å². The summed E-state index contributed by atoms with van der Waals surface area (Å²) in [6.45, 7) is 0.845. The standard InChI is InChI=1S/C15H14N2O2/c18-13-7-15(19)17(10-13)6-5-12-9-16-8-11-3-1-2-4-14(11)12/h1-4,8-9H,5-7,10H2. The molecule has 2 aromatic rings. The molecule has 1 aliphatic rings. The average molecular weight is 254 g/mol. The zero-order valence-electron chi connectivity index (χ0n) is 10.5. The Hall–Kier alpha value is -2.23. The molecule has 0 unspecified atom stereocenters. The van der Waals surface area contributed by atoms with Crippen LogP contribution in [-0.2, 0) is 16.0 Å². The molecule has 0 bridgehead atoms. The van der Waals surface area contributed by atoms with E-state index in [4.69, 9.17) is 0 Å². The summed E-state index contributed by atoms with van der Waals surface area (Å²) in [5.74, 6) is -0.0424. The number of carbonyl (C=O) groups excluding carboxylic acids is 2. The first-order valence-corrected chi connectivity index (χ1v) is 6.35. The van der Waals surface area contributed by atoms with Crippen molar-refractivity contribution >= 4 is 22.5 Å². The number of amides is 1. The molecule has 19 heavy (non-hydrogen) atoms. The Kier molecular flexibility index (Phi) is 2.99. The van der Waals surface area contributed by atoms with Crippen molar-refractivity contribution in [3.63, 3.8) is 0 Å². The van der Waals surface area contributed by atoms with Gasteiger partial charge in [0.25, 0.3) is 0 Å². The van der Waals surface area contributed by atoms with Gasteiger partial charge < -0.3 is 4.90 Å². The quantitative estimate of drug-likeness (QED) is 0.781. The number of ketones is 1. The Balaban J connectivity index is 1.79. The largest absolute Gasteiger partial charge is 0.335 e. The zero-order valence-corrected chi connectivity index (χ0v) is 10.5. The number of pyridine rings is 1. The van der Waals surface area contributed by atoms with E-state index in [0.717, 1.165) is 22.8 Å². The Labute approximate surface area is 111 Å². The summed E-state index contributed by atoms with van der Waals surface area (Å²) >= 11 is 0. The molecule has 0 radical (unpaired) electrons. The van der Waals surface area contributed by atoms with Crippen molar-refractivity contribution in [2.45, 2.75) is 12.8 Å². The number of likely N-dealkylation sites (tertiary alicyclic amines) is 1. The van der Waals surface area contributed by atoms with Gasteiger partial charge in [-0.1, -0.05) is 24.3 Å². The van der Waals surface area contributed by atoms with Crippen LogP contribution in [0, 0.1) is 0 Å². The van der Waals surface area contributed by atoms with Crippen molar-refractivity contribution in [1.29, 1.82) is 0 Å². The number of hydrogen-bond donors (Lipinski definition) is 0. The van der Waals surface area contributed by atoms with E-state index in [1.165, 1.54) is 0 Å². The highest BCUT2D eigenvalue weighted by molar-refractivity contribution is 6.05. The van der Waals surface area contributed by atoms with Gasteiger partial charge in [-0.2, -0.15) is 0 Å². The van der Waals surface area contributed by atoms with Gasteiger partial charge in [-0.05, 0) is 17.4 Å². The van der Waals surface area contributed by atoms with Crippen molar-refractivity contribution in [3.05, 3.63) is 42.2 Å². The van der Waals surface area contributed by atoms with E-state index in [-0.39, 0.29) is 24.7 Å². The number of aromatic nitrogens is 1. The van der Waals surface area contributed by atoms with Crippen LogP contribution in [0.2, 0.25) is 0 Å². The smallest absolute Gasteiger partial charge is 0.230 e. The third-order valence-corrected chi connectivity index (χ3v) is 3.47. The van der Waals surface area contributed by atoms with E-state index < -0.39 is 0 Å². The lowest BCUT2D eigenvalue weighted by atomic mass is 10.1. The Morgan fingerprint density at radius 1 is 1.16 bits per heavy atom. The van der Waals surface area contributed by atoms with Crippen molar-refractivity contribution in [2.24, 2.45) is 0 Å². The third kappa shape index (κ3) is 2.34. The molecule has 96 valence electrons. The first-order valence-electron chi connectivity index (χ1n) is 6.35. The number of nitrogens with zero attached hydrogens (tertiary/aromatic N) is 2. The summed E-state index contributed by atoms with van der Waals surface area (Å²) in [5.41, 5.74) is 1.12. The number of carbonyl (C=O) groups is 2. The molecular formula is C15H14N2O2. The maximum Gasteiger partial charge on any atom is 0.230 e. The molecule has 1 aliphatic heterocycles. The number of rotatable bonds is 3. The number of hydrogen-bond acceptors (Lipinski definition) is 3. The molecule has 0 atom stereocenters. The number of Topliss-reactive ketones (excluding diaryl/α,β-unsaturated/α-hetero) is 1. The average Bonchev–Trinajstić information content (AvgIpc) is 2.74. The normalized spacial score (nSPS) is 15.5. The van der Waals surface area contributed by atoms with Gasteiger partial charge in [0.2, 0.25) is 5.91 Å². The maximum atomic E-state index is 11.6. The molecule has 4 heteroatoms. The van der Waals surface area contributed by atoms with Gasteiger partial charge in [-0.15, -0.1) is 0 Å². The van der Waals surface area contributed by atoms with E-state index in [0.29, 0.717) is 6.54 Å². The lowest BCUT2D eigenvalue weighted by Crippen LogP contribution is -2.27. The molecule has 3 rings (SSSR count). The van der Waals surface area contributed by atoms with Crippen molar-refractivity contribution in [3.8, 4) is 0 Å². The fourth-order valence-corrected chi connectivity index (χ4v) is 2.47. The third-order valence-electron chi connectivity index (χ3n) is 3.47. The first-order chi connectivity index (χ1) is 9.24. The van der Waals surface area contributed by atoms with Gasteiger partial charge in [0.05, 0.1) is 13.0 Å². The highest BCUT2D eigenvalue weighted by Crippen LogP contribution is 2.18. The molecule has 2 heterocycles. The van der Waals surface area contributed by atoms with E-state index in [2.05, 4.69) is 11.1 Å². The predicted molar refractivity (Wildman–Crippen MR) is 71.7 cm³/mol.